The molecule has 4 heteroatoms. The first-order valence-corrected chi connectivity index (χ1v) is 9.92. The van der Waals surface area contributed by atoms with Crippen LogP contribution in [0.15, 0.2) is 95.5 Å². The lowest BCUT2D eigenvalue weighted by Crippen LogP contribution is -2.12. The Labute approximate surface area is 175 Å². The molecule has 3 aromatic carbocycles. The zero-order valence-corrected chi connectivity index (χ0v) is 16.7. The summed E-state index contributed by atoms with van der Waals surface area (Å²) in [5, 5.41) is 3.84. The third-order valence-electron chi connectivity index (χ3n) is 4.94. The Morgan fingerprint density at radius 3 is 2.23 bits per heavy atom. The number of rotatable bonds is 7. The third kappa shape index (κ3) is 4.61. The maximum atomic E-state index is 13.3. The monoisotopic (exact) mass is 394 g/mol. The van der Waals surface area contributed by atoms with Gasteiger partial charge in [-0.05, 0) is 36.6 Å². The molecule has 148 valence electrons. The predicted octanol–water partition coefficient (Wildman–Crippen LogP) is 6.12. The van der Waals surface area contributed by atoms with Crippen molar-refractivity contribution in [1.29, 1.82) is 0 Å². The van der Waals surface area contributed by atoms with Crippen LogP contribution in [0.2, 0.25) is 0 Å². The molecule has 1 aromatic heterocycles. The number of allylic oxidation sites excluding steroid dienone is 1. The van der Waals surface area contributed by atoms with Gasteiger partial charge < -0.3 is 4.52 Å². The average Bonchev–Trinajstić information content (AvgIpc) is 3.24. The number of carbonyl (C=O) groups is 1. The number of benzene rings is 3. The second-order valence-corrected chi connectivity index (χ2v) is 7.10. The van der Waals surface area contributed by atoms with Gasteiger partial charge in [0, 0.05) is 11.1 Å². The minimum Gasteiger partial charge on any atom is -0.334 e. The van der Waals surface area contributed by atoms with E-state index in [0.717, 1.165) is 16.7 Å². The van der Waals surface area contributed by atoms with Gasteiger partial charge in [-0.1, -0.05) is 90.1 Å². The number of carbonyl (C=O) groups excluding carboxylic acids is 1. The van der Waals surface area contributed by atoms with E-state index in [2.05, 4.69) is 22.3 Å². The molecule has 4 rings (SSSR count). The van der Waals surface area contributed by atoms with Crippen LogP contribution in [-0.4, -0.2) is 15.9 Å². The molecule has 0 aliphatic rings. The van der Waals surface area contributed by atoms with E-state index in [4.69, 9.17) is 4.52 Å². The molecule has 0 amide bonds. The molecule has 30 heavy (non-hydrogen) atoms. The second-order valence-electron chi connectivity index (χ2n) is 7.10. The summed E-state index contributed by atoms with van der Waals surface area (Å²) < 4.78 is 5.24. The minimum atomic E-state index is -0.272. The number of Topliss-reactive ketones (excluding diaryl/α,β-unsaturated/α-hetero) is 1. The van der Waals surface area contributed by atoms with Crippen molar-refractivity contribution < 1.29 is 9.32 Å². The summed E-state index contributed by atoms with van der Waals surface area (Å²) in [6, 6.07) is 27.3. The summed E-state index contributed by atoms with van der Waals surface area (Å²) in [6.07, 6.45) is 4.73. The lowest BCUT2D eigenvalue weighted by molar-refractivity contribution is 0.0960. The van der Waals surface area contributed by atoms with Gasteiger partial charge in [-0.25, -0.2) is 0 Å². The summed E-state index contributed by atoms with van der Waals surface area (Å²) in [5.41, 5.74) is 3.63. The molecule has 0 fully saturated rings. The highest BCUT2D eigenvalue weighted by molar-refractivity contribution is 6.01. The van der Waals surface area contributed by atoms with E-state index in [9.17, 15) is 4.79 Å². The fourth-order valence-electron chi connectivity index (χ4n) is 3.37. The quantitative estimate of drug-likeness (QED) is 0.355. The van der Waals surface area contributed by atoms with Crippen LogP contribution in [0.25, 0.3) is 17.5 Å². The minimum absolute atomic E-state index is 0.106. The highest BCUT2D eigenvalue weighted by Crippen LogP contribution is 2.28. The molecular formula is C26H22N2O2. The van der Waals surface area contributed by atoms with Crippen molar-refractivity contribution in [2.75, 3.05) is 0 Å². The highest BCUT2D eigenvalue weighted by atomic mass is 16.5. The summed E-state index contributed by atoms with van der Waals surface area (Å²) in [5.74, 6) is 0.909. The SMILES string of the molecule is Cc1noc(-c2ccc(C(C/C=C/c3ccccc3)C(=O)c3ccccc3)cc2)n1. The Bertz CT molecular complexity index is 1130. The average molecular weight is 394 g/mol. The number of hydrogen-bond acceptors (Lipinski definition) is 4. The fraction of sp³-hybridized carbons (Fsp3) is 0.115. The van der Waals surface area contributed by atoms with E-state index in [-0.39, 0.29) is 11.7 Å². The zero-order chi connectivity index (χ0) is 20.8. The number of aryl methyl sites for hydroxylation is 1. The van der Waals surface area contributed by atoms with Gasteiger partial charge in [0.2, 0.25) is 0 Å². The maximum absolute atomic E-state index is 13.3. The van der Waals surface area contributed by atoms with Gasteiger partial charge in [0.25, 0.3) is 5.89 Å². The third-order valence-corrected chi connectivity index (χ3v) is 4.94. The molecule has 4 nitrogen and oxygen atoms in total. The van der Waals surface area contributed by atoms with E-state index in [1.165, 1.54) is 0 Å². The summed E-state index contributed by atoms with van der Waals surface area (Å²) in [7, 11) is 0. The Hall–Kier alpha value is -3.79. The summed E-state index contributed by atoms with van der Waals surface area (Å²) in [6.45, 7) is 1.79. The molecule has 0 aliphatic carbocycles. The molecule has 0 bridgehead atoms. The van der Waals surface area contributed by atoms with Crippen LogP contribution in [0, 0.1) is 6.92 Å². The Kier molecular flexibility index (Phi) is 5.95. The van der Waals surface area contributed by atoms with Crippen molar-refractivity contribution in [1.82, 2.24) is 10.1 Å². The molecule has 4 aromatic rings. The standard InChI is InChI=1S/C26H22N2O2/c1-19-27-26(30-28-19)23-17-15-21(16-18-23)24(25(29)22-12-6-3-7-13-22)14-8-11-20-9-4-2-5-10-20/h2-13,15-18,24H,14H2,1H3/b11-8+. The number of aromatic nitrogens is 2. The van der Waals surface area contributed by atoms with Crippen LogP contribution in [0.3, 0.4) is 0 Å². The predicted molar refractivity (Wildman–Crippen MR) is 118 cm³/mol. The van der Waals surface area contributed by atoms with Crippen LogP contribution in [-0.2, 0) is 0 Å². The smallest absolute Gasteiger partial charge is 0.257 e. The van der Waals surface area contributed by atoms with Gasteiger partial charge in [-0.15, -0.1) is 0 Å². The first-order chi connectivity index (χ1) is 14.7. The molecular weight excluding hydrogens is 372 g/mol. The normalized spacial score (nSPS) is 12.2. The van der Waals surface area contributed by atoms with Crippen molar-refractivity contribution in [2.45, 2.75) is 19.3 Å². The Morgan fingerprint density at radius 1 is 0.933 bits per heavy atom. The largest absolute Gasteiger partial charge is 0.334 e. The maximum Gasteiger partial charge on any atom is 0.257 e. The molecule has 0 aliphatic heterocycles. The van der Waals surface area contributed by atoms with Gasteiger partial charge in [-0.2, -0.15) is 4.98 Å². The van der Waals surface area contributed by atoms with E-state index in [1.54, 1.807) is 6.92 Å². The molecule has 0 saturated carbocycles. The van der Waals surface area contributed by atoms with Crippen molar-refractivity contribution in [3.63, 3.8) is 0 Å². The van der Waals surface area contributed by atoms with Gasteiger partial charge in [0.15, 0.2) is 11.6 Å². The number of nitrogens with zero attached hydrogens (tertiary/aromatic N) is 2. The first kappa shape index (κ1) is 19.5. The molecule has 1 heterocycles. The van der Waals surface area contributed by atoms with E-state index >= 15 is 0 Å². The van der Waals surface area contributed by atoms with Crippen LogP contribution >= 0.6 is 0 Å². The topological polar surface area (TPSA) is 56.0 Å². The van der Waals surface area contributed by atoms with Gasteiger partial charge in [0.05, 0.1) is 5.92 Å². The molecule has 0 N–H and O–H groups in total. The van der Waals surface area contributed by atoms with E-state index in [1.807, 2.05) is 84.9 Å². The van der Waals surface area contributed by atoms with E-state index in [0.29, 0.717) is 23.7 Å². The number of ketones is 1. The fourth-order valence-corrected chi connectivity index (χ4v) is 3.37. The summed E-state index contributed by atoms with van der Waals surface area (Å²) in [4.78, 5) is 17.5. The van der Waals surface area contributed by atoms with Crippen molar-refractivity contribution in [3.8, 4) is 11.5 Å². The molecule has 0 radical (unpaired) electrons. The molecule has 1 atom stereocenters. The molecule has 0 saturated heterocycles. The first-order valence-electron chi connectivity index (χ1n) is 9.92. The van der Waals surface area contributed by atoms with Crippen LogP contribution in [0.5, 0.6) is 0 Å². The van der Waals surface area contributed by atoms with Gasteiger partial charge in [0.1, 0.15) is 0 Å². The van der Waals surface area contributed by atoms with Crippen LogP contribution in [0.4, 0.5) is 0 Å². The van der Waals surface area contributed by atoms with Gasteiger partial charge >= 0.3 is 0 Å². The highest BCUT2D eigenvalue weighted by Gasteiger charge is 2.21. The van der Waals surface area contributed by atoms with Crippen molar-refractivity contribution in [2.24, 2.45) is 0 Å². The lowest BCUT2D eigenvalue weighted by atomic mass is 9.87. The van der Waals surface area contributed by atoms with Crippen molar-refractivity contribution in [3.05, 3.63) is 114 Å². The zero-order valence-electron chi connectivity index (χ0n) is 16.7. The second kappa shape index (κ2) is 9.14. The lowest BCUT2D eigenvalue weighted by Gasteiger charge is -2.15. The van der Waals surface area contributed by atoms with Crippen LogP contribution in [0.1, 0.15) is 39.6 Å². The molecule has 0 spiro atoms. The van der Waals surface area contributed by atoms with E-state index < -0.39 is 0 Å². The Morgan fingerprint density at radius 2 is 1.60 bits per heavy atom. The van der Waals surface area contributed by atoms with Crippen LogP contribution < -0.4 is 0 Å². The van der Waals surface area contributed by atoms with Gasteiger partial charge in [-0.3, -0.25) is 4.79 Å². The Balaban J connectivity index is 1.60. The molecule has 1 unspecified atom stereocenters. The number of hydrogen-bond donors (Lipinski definition) is 0. The summed E-state index contributed by atoms with van der Waals surface area (Å²) >= 11 is 0. The van der Waals surface area contributed by atoms with Crippen molar-refractivity contribution >= 4 is 11.9 Å².